The van der Waals surface area contributed by atoms with Gasteiger partial charge in [-0.2, -0.15) is 0 Å². The molecule has 3 N–H and O–H groups in total. The van der Waals surface area contributed by atoms with Crippen LogP contribution >= 0.6 is 11.8 Å². The summed E-state index contributed by atoms with van der Waals surface area (Å²) < 4.78 is 5.51. The van der Waals surface area contributed by atoms with E-state index in [1.165, 1.54) is 6.07 Å². The van der Waals surface area contributed by atoms with E-state index in [1.807, 2.05) is 0 Å². The number of rotatable bonds is 4. The topological polar surface area (TPSA) is 72.6 Å². The molecule has 1 aliphatic rings. The van der Waals surface area contributed by atoms with E-state index in [1.54, 1.807) is 23.9 Å². The van der Waals surface area contributed by atoms with E-state index in [9.17, 15) is 4.79 Å². The van der Waals surface area contributed by atoms with E-state index in [0.717, 1.165) is 30.1 Å². The summed E-state index contributed by atoms with van der Waals surface area (Å²) in [7, 11) is 0. The van der Waals surface area contributed by atoms with Crippen LogP contribution in [0.2, 0.25) is 0 Å². The van der Waals surface area contributed by atoms with E-state index < -0.39 is 5.97 Å². The number of aromatic carboxylic acids is 1. The van der Waals surface area contributed by atoms with Crippen LogP contribution < -0.4 is 5.73 Å². The number of carbonyl (C=O) groups is 1. The number of anilines is 1. The van der Waals surface area contributed by atoms with Crippen LogP contribution in [0.4, 0.5) is 5.69 Å². The summed E-state index contributed by atoms with van der Waals surface area (Å²) in [6.07, 6.45) is 2.45. The fraction of sp³-hybridized carbons (Fsp3) is 0.417. The van der Waals surface area contributed by atoms with Gasteiger partial charge in [0, 0.05) is 22.9 Å². The zero-order chi connectivity index (χ0) is 12.3. The van der Waals surface area contributed by atoms with Crippen LogP contribution in [-0.2, 0) is 4.74 Å². The molecule has 0 aromatic heterocycles. The number of benzene rings is 1. The zero-order valence-electron chi connectivity index (χ0n) is 9.39. The largest absolute Gasteiger partial charge is 0.478 e. The molecule has 5 heteroatoms. The molecular weight excluding hydrogens is 238 g/mol. The lowest BCUT2D eigenvalue weighted by molar-refractivity contribution is 0.0696. The molecular formula is C12H15NO3S. The maximum Gasteiger partial charge on any atom is 0.335 e. The Hall–Kier alpha value is -1.20. The summed E-state index contributed by atoms with van der Waals surface area (Å²) >= 11 is 1.56. The second-order valence-electron chi connectivity index (χ2n) is 4.00. The van der Waals surface area contributed by atoms with Gasteiger partial charge in [0.1, 0.15) is 0 Å². The Bertz CT molecular complexity index is 416. The van der Waals surface area contributed by atoms with Crippen molar-refractivity contribution in [1.29, 1.82) is 0 Å². The van der Waals surface area contributed by atoms with Gasteiger partial charge in [-0.1, -0.05) is 0 Å². The molecule has 1 aromatic carbocycles. The molecule has 0 bridgehead atoms. The Balaban J connectivity index is 2.03. The molecule has 17 heavy (non-hydrogen) atoms. The summed E-state index contributed by atoms with van der Waals surface area (Å²) in [5.41, 5.74) is 6.72. The molecule has 1 aliphatic heterocycles. The van der Waals surface area contributed by atoms with E-state index >= 15 is 0 Å². The Morgan fingerprint density at radius 2 is 2.41 bits per heavy atom. The van der Waals surface area contributed by atoms with Gasteiger partial charge < -0.3 is 15.6 Å². The molecule has 2 rings (SSSR count). The summed E-state index contributed by atoms with van der Waals surface area (Å²) in [5, 5.41) is 8.91. The minimum atomic E-state index is -0.927. The highest BCUT2D eigenvalue weighted by atomic mass is 32.2. The molecule has 0 spiro atoms. The Labute approximate surface area is 104 Å². The molecule has 0 aliphatic carbocycles. The van der Waals surface area contributed by atoms with E-state index in [-0.39, 0.29) is 11.7 Å². The minimum absolute atomic E-state index is 0.271. The second-order valence-corrected chi connectivity index (χ2v) is 5.07. The van der Waals surface area contributed by atoms with Crippen molar-refractivity contribution in [3.05, 3.63) is 23.8 Å². The Kier molecular flexibility index (Phi) is 3.91. The summed E-state index contributed by atoms with van der Waals surface area (Å²) in [6, 6.07) is 4.78. The number of nitrogens with two attached hydrogens (primary N) is 1. The van der Waals surface area contributed by atoms with Crippen molar-refractivity contribution in [2.75, 3.05) is 18.1 Å². The third-order valence-electron chi connectivity index (χ3n) is 2.71. The molecule has 1 unspecified atom stereocenters. The van der Waals surface area contributed by atoms with Gasteiger partial charge in [0.05, 0.1) is 11.7 Å². The molecule has 4 nitrogen and oxygen atoms in total. The number of thioether (sulfide) groups is 1. The number of hydrogen-bond acceptors (Lipinski definition) is 4. The van der Waals surface area contributed by atoms with E-state index in [4.69, 9.17) is 15.6 Å². The van der Waals surface area contributed by atoms with Crippen molar-refractivity contribution in [2.45, 2.75) is 23.8 Å². The van der Waals surface area contributed by atoms with Crippen LogP contribution in [0.3, 0.4) is 0 Å². The van der Waals surface area contributed by atoms with E-state index in [0.29, 0.717) is 5.69 Å². The van der Waals surface area contributed by atoms with Gasteiger partial charge in [-0.25, -0.2) is 4.79 Å². The van der Waals surface area contributed by atoms with Gasteiger partial charge in [0.25, 0.3) is 0 Å². The van der Waals surface area contributed by atoms with Crippen molar-refractivity contribution >= 4 is 23.4 Å². The Morgan fingerprint density at radius 3 is 3.06 bits per heavy atom. The van der Waals surface area contributed by atoms with Gasteiger partial charge in [-0.15, -0.1) is 11.8 Å². The van der Waals surface area contributed by atoms with Gasteiger partial charge >= 0.3 is 5.97 Å². The number of nitrogen functional groups attached to an aromatic ring is 1. The predicted molar refractivity (Wildman–Crippen MR) is 67.5 cm³/mol. The minimum Gasteiger partial charge on any atom is -0.478 e. The third-order valence-corrected chi connectivity index (χ3v) is 3.91. The van der Waals surface area contributed by atoms with Crippen molar-refractivity contribution in [3.63, 3.8) is 0 Å². The lowest BCUT2D eigenvalue weighted by Crippen LogP contribution is -2.08. The molecule has 1 saturated heterocycles. The molecule has 0 saturated carbocycles. The number of carboxylic acid groups (broad SMARTS) is 1. The maximum absolute atomic E-state index is 10.9. The summed E-state index contributed by atoms with van der Waals surface area (Å²) in [4.78, 5) is 11.7. The maximum atomic E-state index is 10.9. The SMILES string of the molecule is Nc1ccc(C(=O)O)cc1SCC1CCCO1. The highest BCUT2D eigenvalue weighted by Gasteiger charge is 2.16. The van der Waals surface area contributed by atoms with Crippen molar-refractivity contribution < 1.29 is 14.6 Å². The monoisotopic (exact) mass is 253 g/mol. The van der Waals surface area contributed by atoms with Gasteiger partial charge in [0.2, 0.25) is 0 Å². The number of carboxylic acids is 1. The fourth-order valence-corrected chi connectivity index (χ4v) is 2.82. The van der Waals surface area contributed by atoms with Crippen LogP contribution in [0, 0.1) is 0 Å². The Morgan fingerprint density at radius 1 is 1.59 bits per heavy atom. The van der Waals surface area contributed by atoms with Crippen LogP contribution in [0.15, 0.2) is 23.1 Å². The first-order chi connectivity index (χ1) is 8.16. The highest BCUT2D eigenvalue weighted by molar-refractivity contribution is 7.99. The average Bonchev–Trinajstić information content (AvgIpc) is 2.80. The molecule has 0 amide bonds. The molecule has 0 radical (unpaired) electrons. The standard InChI is InChI=1S/C12H15NO3S/c13-10-4-3-8(12(14)15)6-11(10)17-7-9-2-1-5-16-9/h3-4,6,9H,1-2,5,7,13H2,(H,14,15). The van der Waals surface area contributed by atoms with Gasteiger partial charge in [0.15, 0.2) is 0 Å². The quantitative estimate of drug-likeness (QED) is 0.636. The van der Waals surface area contributed by atoms with Crippen LogP contribution in [0.5, 0.6) is 0 Å². The van der Waals surface area contributed by atoms with Gasteiger partial charge in [-0.05, 0) is 31.0 Å². The van der Waals surface area contributed by atoms with Crippen LogP contribution in [0.25, 0.3) is 0 Å². The van der Waals surface area contributed by atoms with Gasteiger partial charge in [-0.3, -0.25) is 0 Å². The molecule has 1 fully saturated rings. The smallest absolute Gasteiger partial charge is 0.335 e. The highest BCUT2D eigenvalue weighted by Crippen LogP contribution is 2.29. The zero-order valence-corrected chi connectivity index (χ0v) is 10.2. The predicted octanol–water partition coefficient (Wildman–Crippen LogP) is 2.24. The fourth-order valence-electron chi connectivity index (χ4n) is 1.75. The van der Waals surface area contributed by atoms with Crippen molar-refractivity contribution in [1.82, 2.24) is 0 Å². The van der Waals surface area contributed by atoms with Crippen LogP contribution in [-0.4, -0.2) is 29.5 Å². The van der Waals surface area contributed by atoms with Crippen molar-refractivity contribution in [3.8, 4) is 0 Å². The first kappa shape index (κ1) is 12.3. The van der Waals surface area contributed by atoms with Crippen molar-refractivity contribution in [2.24, 2.45) is 0 Å². The second kappa shape index (κ2) is 5.42. The lowest BCUT2D eigenvalue weighted by Gasteiger charge is -2.10. The molecule has 1 heterocycles. The average molecular weight is 253 g/mol. The molecule has 92 valence electrons. The third kappa shape index (κ3) is 3.14. The molecule has 1 atom stereocenters. The van der Waals surface area contributed by atoms with Crippen LogP contribution in [0.1, 0.15) is 23.2 Å². The van der Waals surface area contributed by atoms with E-state index in [2.05, 4.69) is 0 Å². The lowest BCUT2D eigenvalue weighted by atomic mass is 10.2. The first-order valence-electron chi connectivity index (χ1n) is 5.54. The number of ether oxygens (including phenoxy) is 1. The number of hydrogen-bond donors (Lipinski definition) is 2. The summed E-state index contributed by atoms with van der Waals surface area (Å²) in [6.45, 7) is 0.829. The normalized spacial score (nSPS) is 19.4. The first-order valence-corrected chi connectivity index (χ1v) is 6.52. The molecule has 1 aromatic rings. The summed E-state index contributed by atoms with van der Waals surface area (Å²) in [5.74, 6) is -0.100.